The van der Waals surface area contributed by atoms with Crippen LogP contribution in [0.2, 0.25) is 0 Å². The largest absolute Gasteiger partial charge is 0.464 e. The minimum atomic E-state index is 0.922. The van der Waals surface area contributed by atoms with Gasteiger partial charge in [0.2, 0.25) is 0 Å². The molecule has 16 heavy (non-hydrogen) atoms. The maximum absolute atomic E-state index is 5.51. The van der Waals surface area contributed by atoms with Gasteiger partial charge in [0, 0.05) is 10.8 Å². The van der Waals surface area contributed by atoms with Crippen molar-refractivity contribution in [2.75, 3.05) is 0 Å². The van der Waals surface area contributed by atoms with Gasteiger partial charge >= 0.3 is 0 Å². The molecule has 0 radical (unpaired) electrons. The lowest BCUT2D eigenvalue weighted by Crippen LogP contribution is -1.79. The topological polar surface area (TPSA) is 26.0 Å². The van der Waals surface area contributed by atoms with Crippen molar-refractivity contribution < 1.29 is 4.42 Å². The number of para-hydroxylation sites is 1. The van der Waals surface area contributed by atoms with Gasteiger partial charge in [0.25, 0.3) is 0 Å². The van der Waals surface area contributed by atoms with Crippen molar-refractivity contribution in [1.82, 2.24) is 4.98 Å². The number of benzene rings is 1. The van der Waals surface area contributed by atoms with Gasteiger partial charge in [-0.05, 0) is 12.5 Å². The zero-order valence-electron chi connectivity index (χ0n) is 8.93. The number of furan rings is 1. The van der Waals surface area contributed by atoms with E-state index in [1.165, 1.54) is 0 Å². The third-order valence-corrected chi connectivity index (χ3v) is 3.55. The summed E-state index contributed by atoms with van der Waals surface area (Å²) < 4.78 is 5.51. The predicted octanol–water partition coefficient (Wildman–Crippen LogP) is 4.12. The van der Waals surface area contributed by atoms with E-state index in [0.717, 1.165) is 33.7 Å². The number of aryl methyl sites for hydroxylation is 1. The van der Waals surface area contributed by atoms with Crippen LogP contribution in [-0.2, 0) is 6.42 Å². The van der Waals surface area contributed by atoms with Crippen molar-refractivity contribution in [3.63, 3.8) is 0 Å². The van der Waals surface area contributed by atoms with E-state index in [1.807, 2.05) is 18.2 Å². The van der Waals surface area contributed by atoms with Crippen LogP contribution in [0.4, 0.5) is 0 Å². The first-order chi connectivity index (χ1) is 7.88. The van der Waals surface area contributed by atoms with Gasteiger partial charge in [-0.3, -0.25) is 0 Å². The number of hydrogen-bond donors (Lipinski definition) is 0. The normalized spacial score (nSPS) is 11.1. The molecule has 2 aromatic heterocycles. The van der Waals surface area contributed by atoms with Gasteiger partial charge < -0.3 is 4.42 Å². The van der Waals surface area contributed by atoms with Crippen LogP contribution in [0.15, 0.2) is 40.3 Å². The first-order valence-electron chi connectivity index (χ1n) is 5.29. The monoisotopic (exact) mass is 229 g/mol. The molecule has 0 bridgehead atoms. The van der Waals surface area contributed by atoms with Crippen molar-refractivity contribution in [2.45, 2.75) is 13.3 Å². The Morgan fingerprint density at radius 2 is 2.19 bits per heavy atom. The maximum Gasteiger partial charge on any atom is 0.134 e. The summed E-state index contributed by atoms with van der Waals surface area (Å²) in [5.41, 5.74) is 3.16. The Balaban J connectivity index is 2.18. The van der Waals surface area contributed by atoms with Crippen molar-refractivity contribution in [2.24, 2.45) is 0 Å². The second-order valence-electron chi connectivity index (χ2n) is 3.64. The van der Waals surface area contributed by atoms with E-state index in [1.54, 1.807) is 17.6 Å². The van der Waals surface area contributed by atoms with Crippen LogP contribution in [0, 0.1) is 0 Å². The minimum absolute atomic E-state index is 0.922. The lowest BCUT2D eigenvalue weighted by atomic mass is 10.2. The molecule has 1 aromatic carbocycles. The molecule has 3 heteroatoms. The first-order valence-corrected chi connectivity index (χ1v) is 6.17. The molecule has 0 N–H and O–H groups in total. The van der Waals surface area contributed by atoms with E-state index in [-0.39, 0.29) is 0 Å². The van der Waals surface area contributed by atoms with Crippen molar-refractivity contribution in [3.05, 3.63) is 41.6 Å². The van der Waals surface area contributed by atoms with E-state index >= 15 is 0 Å². The van der Waals surface area contributed by atoms with Gasteiger partial charge in [0.15, 0.2) is 0 Å². The molecule has 3 rings (SSSR count). The summed E-state index contributed by atoms with van der Waals surface area (Å²) >= 11 is 1.68. The first kappa shape index (κ1) is 9.60. The molecular weight excluding hydrogens is 218 g/mol. The molecule has 0 aliphatic heterocycles. The highest BCUT2D eigenvalue weighted by molar-refractivity contribution is 7.13. The summed E-state index contributed by atoms with van der Waals surface area (Å²) in [6.45, 7) is 2.12. The van der Waals surface area contributed by atoms with E-state index in [0.29, 0.717) is 0 Å². The second kappa shape index (κ2) is 3.76. The molecule has 3 aromatic rings. The Kier molecular flexibility index (Phi) is 2.26. The molecule has 0 unspecified atom stereocenters. The van der Waals surface area contributed by atoms with Crippen LogP contribution in [-0.4, -0.2) is 4.98 Å². The highest BCUT2D eigenvalue weighted by Gasteiger charge is 2.10. The van der Waals surface area contributed by atoms with E-state index < -0.39 is 0 Å². The van der Waals surface area contributed by atoms with Gasteiger partial charge in [-0.25, -0.2) is 4.98 Å². The van der Waals surface area contributed by atoms with Gasteiger partial charge in [-0.2, -0.15) is 0 Å². The fraction of sp³-hybridized carbons (Fsp3) is 0.154. The standard InChI is InChI=1S/C13H11NOS/c1-2-9-8-16-13(14-9)11-7-15-12-6-4-3-5-10(11)12/h3-8H,2H2,1H3. The summed E-state index contributed by atoms with van der Waals surface area (Å²) in [6.07, 6.45) is 2.77. The fourth-order valence-electron chi connectivity index (χ4n) is 1.74. The zero-order chi connectivity index (χ0) is 11.0. The number of rotatable bonds is 2. The van der Waals surface area contributed by atoms with Crippen LogP contribution >= 0.6 is 11.3 Å². The Labute approximate surface area is 97.6 Å². The Morgan fingerprint density at radius 3 is 3.00 bits per heavy atom. The Hall–Kier alpha value is -1.61. The summed E-state index contributed by atoms with van der Waals surface area (Å²) in [5, 5.41) is 4.29. The number of fused-ring (bicyclic) bond motifs is 1. The van der Waals surface area contributed by atoms with Gasteiger partial charge in [-0.15, -0.1) is 11.3 Å². The Morgan fingerprint density at radius 1 is 1.31 bits per heavy atom. The molecule has 0 amide bonds. The third kappa shape index (κ3) is 1.44. The van der Waals surface area contributed by atoms with Crippen molar-refractivity contribution >= 4 is 22.3 Å². The van der Waals surface area contributed by atoms with Gasteiger partial charge in [-0.1, -0.05) is 25.1 Å². The molecule has 2 heterocycles. The zero-order valence-corrected chi connectivity index (χ0v) is 9.75. The van der Waals surface area contributed by atoms with E-state index in [4.69, 9.17) is 4.42 Å². The highest BCUT2D eigenvalue weighted by Crippen LogP contribution is 2.32. The molecule has 0 aliphatic rings. The Bertz CT molecular complexity index is 623. The lowest BCUT2D eigenvalue weighted by molar-refractivity contribution is 0.617. The average Bonchev–Trinajstić information content (AvgIpc) is 2.94. The van der Waals surface area contributed by atoms with Crippen LogP contribution in [0.1, 0.15) is 12.6 Å². The number of aromatic nitrogens is 1. The molecule has 0 fully saturated rings. The summed E-state index contributed by atoms with van der Waals surface area (Å²) in [6, 6.07) is 8.05. The predicted molar refractivity (Wildman–Crippen MR) is 66.7 cm³/mol. The van der Waals surface area contributed by atoms with Gasteiger partial charge in [0.1, 0.15) is 16.9 Å². The van der Waals surface area contributed by atoms with Crippen LogP contribution in [0.5, 0.6) is 0 Å². The SMILES string of the molecule is CCc1csc(-c2coc3ccccc23)n1. The van der Waals surface area contributed by atoms with Crippen LogP contribution < -0.4 is 0 Å². The second-order valence-corrected chi connectivity index (χ2v) is 4.50. The molecule has 2 nitrogen and oxygen atoms in total. The smallest absolute Gasteiger partial charge is 0.134 e. The van der Waals surface area contributed by atoms with Crippen LogP contribution in [0.3, 0.4) is 0 Å². The van der Waals surface area contributed by atoms with Crippen molar-refractivity contribution in [3.8, 4) is 10.6 Å². The summed E-state index contributed by atoms with van der Waals surface area (Å²) in [5.74, 6) is 0. The van der Waals surface area contributed by atoms with E-state index in [9.17, 15) is 0 Å². The number of nitrogens with zero attached hydrogens (tertiary/aromatic N) is 1. The highest BCUT2D eigenvalue weighted by atomic mass is 32.1. The van der Waals surface area contributed by atoms with Crippen molar-refractivity contribution in [1.29, 1.82) is 0 Å². The quantitative estimate of drug-likeness (QED) is 0.660. The third-order valence-electron chi connectivity index (χ3n) is 2.63. The minimum Gasteiger partial charge on any atom is -0.464 e. The molecule has 80 valence electrons. The molecule has 0 spiro atoms. The lowest BCUT2D eigenvalue weighted by Gasteiger charge is -1.91. The number of thiazole rings is 1. The summed E-state index contributed by atoms with van der Waals surface area (Å²) in [4.78, 5) is 4.58. The molecule has 0 saturated carbocycles. The van der Waals surface area contributed by atoms with Gasteiger partial charge in [0.05, 0.1) is 11.3 Å². The molecule has 0 atom stereocenters. The van der Waals surface area contributed by atoms with Crippen LogP contribution in [0.25, 0.3) is 21.5 Å². The number of hydrogen-bond acceptors (Lipinski definition) is 3. The summed E-state index contributed by atoms with van der Waals surface area (Å²) in [7, 11) is 0. The average molecular weight is 229 g/mol. The molecule has 0 aliphatic carbocycles. The maximum atomic E-state index is 5.51. The molecule has 0 saturated heterocycles. The fourth-order valence-corrected chi connectivity index (χ4v) is 2.66. The molecular formula is C13H11NOS. The van der Waals surface area contributed by atoms with E-state index in [2.05, 4.69) is 23.4 Å².